The topological polar surface area (TPSA) is 44.8 Å². The number of nitrogens with one attached hydrogen (secondary N) is 1. The number of amides is 1. The van der Waals surface area contributed by atoms with E-state index < -0.39 is 0 Å². The molecule has 1 N–H and O–H groups in total. The summed E-state index contributed by atoms with van der Waals surface area (Å²) in [5.41, 5.74) is 1.76. The average molecular weight is 348 g/mol. The minimum Gasteiger partial charge on any atom is -0.379 e. The summed E-state index contributed by atoms with van der Waals surface area (Å²) >= 11 is 0. The number of benzene rings is 1. The van der Waals surface area contributed by atoms with Crippen molar-refractivity contribution in [2.45, 2.75) is 32.7 Å². The molecule has 0 aliphatic carbocycles. The Kier molecular flexibility index (Phi) is 7.72. The minimum atomic E-state index is 0.00733. The second-order valence-electron chi connectivity index (χ2n) is 6.95. The summed E-state index contributed by atoms with van der Waals surface area (Å²) in [6, 6.07) is 8.14. The van der Waals surface area contributed by atoms with Gasteiger partial charge < -0.3 is 15.0 Å². The van der Waals surface area contributed by atoms with Gasteiger partial charge in [0.05, 0.1) is 13.2 Å². The molecule has 1 aromatic rings. The standard InChI is InChI=1S/C20H33N3O2/c1-5-16(6-2)19(23-10-12-25-13-11-23)15-21-20(24)17-8-7-9-18(14-17)22(3)4/h7-9,14,16,19H,5-6,10-13,15H2,1-4H3,(H,21,24). The molecule has 1 heterocycles. The van der Waals surface area contributed by atoms with Crippen LogP contribution in [0.1, 0.15) is 37.0 Å². The van der Waals surface area contributed by atoms with Crippen molar-refractivity contribution in [3.05, 3.63) is 29.8 Å². The van der Waals surface area contributed by atoms with Gasteiger partial charge in [-0.1, -0.05) is 32.8 Å². The molecule has 1 aromatic carbocycles. The first kappa shape index (κ1) is 19.7. The zero-order valence-corrected chi connectivity index (χ0v) is 16.1. The van der Waals surface area contributed by atoms with Gasteiger partial charge in [-0.05, 0) is 24.1 Å². The monoisotopic (exact) mass is 347 g/mol. The molecule has 5 heteroatoms. The highest BCUT2D eigenvalue weighted by atomic mass is 16.5. The summed E-state index contributed by atoms with van der Waals surface area (Å²) in [5.74, 6) is 0.597. The molecule has 1 aliphatic rings. The summed E-state index contributed by atoms with van der Waals surface area (Å²) in [5, 5.41) is 3.17. The van der Waals surface area contributed by atoms with Gasteiger partial charge in [0.25, 0.3) is 5.91 Å². The first-order chi connectivity index (χ1) is 12.1. The summed E-state index contributed by atoms with van der Waals surface area (Å²) in [7, 11) is 3.97. The fourth-order valence-electron chi connectivity index (χ4n) is 3.56. The van der Waals surface area contributed by atoms with E-state index in [1.807, 2.05) is 43.3 Å². The maximum absolute atomic E-state index is 12.6. The lowest BCUT2D eigenvalue weighted by Gasteiger charge is -2.38. The highest BCUT2D eigenvalue weighted by Crippen LogP contribution is 2.20. The molecule has 0 saturated carbocycles. The summed E-state index contributed by atoms with van der Waals surface area (Å²) in [6.45, 7) is 8.65. The minimum absolute atomic E-state index is 0.00733. The van der Waals surface area contributed by atoms with Crippen LogP contribution < -0.4 is 10.2 Å². The van der Waals surface area contributed by atoms with Crippen molar-refractivity contribution in [1.29, 1.82) is 0 Å². The van der Waals surface area contributed by atoms with Crippen molar-refractivity contribution in [2.24, 2.45) is 5.92 Å². The number of anilines is 1. The molecule has 1 saturated heterocycles. The van der Waals surface area contributed by atoms with Crippen molar-refractivity contribution in [3.63, 3.8) is 0 Å². The Labute approximate surface area is 152 Å². The van der Waals surface area contributed by atoms with Gasteiger partial charge in [0.15, 0.2) is 0 Å². The number of carbonyl (C=O) groups is 1. The van der Waals surface area contributed by atoms with Gasteiger partial charge in [-0.25, -0.2) is 0 Å². The number of carbonyl (C=O) groups excluding carboxylic acids is 1. The van der Waals surface area contributed by atoms with Gasteiger partial charge in [-0.2, -0.15) is 0 Å². The van der Waals surface area contributed by atoms with E-state index in [9.17, 15) is 4.79 Å². The van der Waals surface area contributed by atoms with Crippen LogP contribution in [0, 0.1) is 5.92 Å². The smallest absolute Gasteiger partial charge is 0.251 e. The van der Waals surface area contributed by atoms with Gasteiger partial charge in [0.2, 0.25) is 0 Å². The van der Waals surface area contributed by atoms with Crippen LogP contribution in [0.5, 0.6) is 0 Å². The van der Waals surface area contributed by atoms with Crippen LogP contribution in [0.25, 0.3) is 0 Å². The van der Waals surface area contributed by atoms with E-state index in [-0.39, 0.29) is 5.91 Å². The third-order valence-electron chi connectivity index (χ3n) is 5.20. The molecule has 5 nitrogen and oxygen atoms in total. The third kappa shape index (κ3) is 5.44. The predicted molar refractivity (Wildman–Crippen MR) is 103 cm³/mol. The molecular weight excluding hydrogens is 314 g/mol. The second kappa shape index (κ2) is 9.78. The lowest BCUT2D eigenvalue weighted by Crippen LogP contribution is -2.52. The molecule has 0 aromatic heterocycles. The van der Waals surface area contributed by atoms with Crippen LogP contribution in [0.4, 0.5) is 5.69 Å². The van der Waals surface area contributed by atoms with Crippen molar-refractivity contribution in [2.75, 3.05) is 51.8 Å². The molecule has 140 valence electrons. The Morgan fingerprint density at radius 2 is 1.92 bits per heavy atom. The van der Waals surface area contributed by atoms with Crippen LogP contribution in [-0.2, 0) is 4.74 Å². The van der Waals surface area contributed by atoms with Crippen LogP contribution in [0.15, 0.2) is 24.3 Å². The Hall–Kier alpha value is -1.59. The SMILES string of the molecule is CCC(CC)C(CNC(=O)c1cccc(N(C)C)c1)N1CCOCC1. The molecule has 0 spiro atoms. The first-order valence-corrected chi connectivity index (χ1v) is 9.44. The fourth-order valence-corrected chi connectivity index (χ4v) is 3.56. The predicted octanol–water partition coefficient (Wildman–Crippen LogP) is 2.62. The summed E-state index contributed by atoms with van der Waals surface area (Å²) < 4.78 is 5.49. The molecule has 0 radical (unpaired) electrons. The van der Waals surface area contributed by atoms with Crippen molar-refractivity contribution in [3.8, 4) is 0 Å². The molecule has 1 fully saturated rings. The van der Waals surface area contributed by atoms with Crippen LogP contribution in [-0.4, -0.2) is 63.8 Å². The average Bonchev–Trinajstić information content (AvgIpc) is 2.65. The van der Waals surface area contributed by atoms with Gasteiger partial charge in [-0.3, -0.25) is 9.69 Å². The highest BCUT2D eigenvalue weighted by Gasteiger charge is 2.27. The summed E-state index contributed by atoms with van der Waals surface area (Å²) in [6.07, 6.45) is 2.26. The Morgan fingerprint density at radius 1 is 1.24 bits per heavy atom. The lowest BCUT2D eigenvalue weighted by molar-refractivity contribution is 0.00191. The number of hydrogen-bond acceptors (Lipinski definition) is 4. The molecule has 1 amide bonds. The number of morpholine rings is 1. The number of hydrogen-bond donors (Lipinski definition) is 1. The maximum atomic E-state index is 12.6. The molecule has 2 rings (SSSR count). The van der Waals surface area contributed by atoms with E-state index in [1.54, 1.807) is 0 Å². The van der Waals surface area contributed by atoms with Crippen LogP contribution in [0.2, 0.25) is 0 Å². The van der Waals surface area contributed by atoms with Gasteiger partial charge in [-0.15, -0.1) is 0 Å². The van der Waals surface area contributed by atoms with E-state index in [4.69, 9.17) is 4.74 Å². The van der Waals surface area contributed by atoms with E-state index in [2.05, 4.69) is 24.1 Å². The second-order valence-corrected chi connectivity index (χ2v) is 6.95. The quantitative estimate of drug-likeness (QED) is 0.785. The van der Waals surface area contributed by atoms with E-state index in [0.717, 1.165) is 50.4 Å². The number of rotatable bonds is 8. The molecule has 1 atom stereocenters. The van der Waals surface area contributed by atoms with Crippen LogP contribution >= 0.6 is 0 Å². The maximum Gasteiger partial charge on any atom is 0.251 e. The zero-order chi connectivity index (χ0) is 18.2. The van der Waals surface area contributed by atoms with Crippen molar-refractivity contribution in [1.82, 2.24) is 10.2 Å². The molecule has 25 heavy (non-hydrogen) atoms. The molecule has 1 unspecified atom stereocenters. The zero-order valence-electron chi connectivity index (χ0n) is 16.1. The molecule has 1 aliphatic heterocycles. The largest absolute Gasteiger partial charge is 0.379 e. The van der Waals surface area contributed by atoms with Crippen molar-refractivity contribution >= 4 is 11.6 Å². The number of nitrogens with zero attached hydrogens (tertiary/aromatic N) is 2. The van der Waals surface area contributed by atoms with E-state index in [1.165, 1.54) is 0 Å². The van der Waals surface area contributed by atoms with Gasteiger partial charge in [0, 0.05) is 51.0 Å². The fraction of sp³-hybridized carbons (Fsp3) is 0.650. The van der Waals surface area contributed by atoms with E-state index >= 15 is 0 Å². The van der Waals surface area contributed by atoms with Gasteiger partial charge >= 0.3 is 0 Å². The Balaban J connectivity index is 2.03. The molecular formula is C20H33N3O2. The first-order valence-electron chi connectivity index (χ1n) is 9.44. The number of ether oxygens (including phenoxy) is 1. The highest BCUT2D eigenvalue weighted by molar-refractivity contribution is 5.95. The third-order valence-corrected chi connectivity index (χ3v) is 5.20. The van der Waals surface area contributed by atoms with Gasteiger partial charge in [0.1, 0.15) is 0 Å². The summed E-state index contributed by atoms with van der Waals surface area (Å²) in [4.78, 5) is 17.1. The normalized spacial score (nSPS) is 16.7. The molecule has 0 bridgehead atoms. The van der Waals surface area contributed by atoms with Crippen molar-refractivity contribution < 1.29 is 9.53 Å². The van der Waals surface area contributed by atoms with E-state index in [0.29, 0.717) is 18.5 Å². The Morgan fingerprint density at radius 3 is 2.52 bits per heavy atom. The lowest BCUT2D eigenvalue weighted by atomic mass is 9.92. The van der Waals surface area contributed by atoms with Crippen LogP contribution in [0.3, 0.4) is 0 Å². The Bertz CT molecular complexity index is 537.